The van der Waals surface area contributed by atoms with E-state index in [0.29, 0.717) is 12.2 Å². The van der Waals surface area contributed by atoms with E-state index in [2.05, 4.69) is 24.3 Å². The molecule has 5 heteroatoms. The molecule has 0 aromatic carbocycles. The van der Waals surface area contributed by atoms with Crippen LogP contribution in [0.1, 0.15) is 35.6 Å². The SMILES string of the molecule is Cn1nc(C(N)=O)c2c1C(C)(C)CNC2. The number of aromatic nitrogens is 2. The maximum absolute atomic E-state index is 11.2. The van der Waals surface area contributed by atoms with Crippen LogP contribution in [0.25, 0.3) is 0 Å². The summed E-state index contributed by atoms with van der Waals surface area (Å²) in [6.45, 7) is 5.82. The summed E-state index contributed by atoms with van der Waals surface area (Å²) in [5.41, 5.74) is 7.73. The van der Waals surface area contributed by atoms with Crippen LogP contribution < -0.4 is 11.1 Å². The van der Waals surface area contributed by atoms with Gasteiger partial charge in [-0.05, 0) is 0 Å². The summed E-state index contributed by atoms with van der Waals surface area (Å²) in [5, 5.41) is 7.47. The quantitative estimate of drug-likeness (QED) is 0.677. The lowest BCUT2D eigenvalue weighted by atomic mass is 9.83. The van der Waals surface area contributed by atoms with Crippen molar-refractivity contribution in [3.63, 3.8) is 0 Å². The van der Waals surface area contributed by atoms with Crippen molar-refractivity contribution in [1.29, 1.82) is 0 Å². The third kappa shape index (κ3) is 1.43. The lowest BCUT2D eigenvalue weighted by Crippen LogP contribution is -2.40. The number of aryl methyl sites for hydroxylation is 1. The second-order valence-electron chi connectivity index (χ2n) is 4.65. The number of nitrogens with one attached hydrogen (secondary N) is 1. The maximum atomic E-state index is 11.2. The van der Waals surface area contributed by atoms with E-state index in [4.69, 9.17) is 5.73 Å². The molecule has 0 bridgehead atoms. The van der Waals surface area contributed by atoms with Crippen molar-refractivity contribution < 1.29 is 4.79 Å². The molecule has 5 nitrogen and oxygen atoms in total. The lowest BCUT2D eigenvalue weighted by Gasteiger charge is -2.31. The number of hydrogen-bond acceptors (Lipinski definition) is 3. The van der Waals surface area contributed by atoms with Gasteiger partial charge in [0, 0.05) is 31.1 Å². The normalized spacial score (nSPS) is 18.6. The average Bonchev–Trinajstić information content (AvgIpc) is 2.43. The minimum absolute atomic E-state index is 0.0109. The number of carbonyl (C=O) groups is 1. The minimum atomic E-state index is -0.452. The van der Waals surface area contributed by atoms with Crippen LogP contribution in [-0.2, 0) is 19.0 Å². The average molecular weight is 208 g/mol. The molecule has 0 saturated heterocycles. The number of hydrogen-bond donors (Lipinski definition) is 2. The third-order valence-corrected chi connectivity index (χ3v) is 2.89. The summed E-state index contributed by atoms with van der Waals surface area (Å²) in [4.78, 5) is 11.2. The van der Waals surface area contributed by atoms with Crippen molar-refractivity contribution in [2.24, 2.45) is 12.8 Å². The Kier molecular flexibility index (Phi) is 2.08. The van der Waals surface area contributed by atoms with E-state index in [9.17, 15) is 4.79 Å². The Bertz CT molecular complexity index is 419. The summed E-state index contributed by atoms with van der Waals surface area (Å²) < 4.78 is 1.77. The highest BCUT2D eigenvalue weighted by Gasteiger charge is 2.34. The number of carbonyl (C=O) groups excluding carboxylic acids is 1. The first kappa shape index (κ1) is 10.2. The number of fused-ring (bicyclic) bond motifs is 1. The minimum Gasteiger partial charge on any atom is -0.364 e. The van der Waals surface area contributed by atoms with E-state index in [1.807, 2.05) is 7.05 Å². The van der Waals surface area contributed by atoms with Gasteiger partial charge in [0.15, 0.2) is 5.69 Å². The van der Waals surface area contributed by atoms with Crippen LogP contribution in [0.4, 0.5) is 0 Å². The van der Waals surface area contributed by atoms with Gasteiger partial charge in [0.05, 0.1) is 5.69 Å². The van der Waals surface area contributed by atoms with E-state index in [1.54, 1.807) is 4.68 Å². The molecule has 0 unspecified atom stereocenters. The van der Waals surface area contributed by atoms with E-state index in [1.165, 1.54) is 0 Å². The van der Waals surface area contributed by atoms with Gasteiger partial charge in [0.1, 0.15) is 0 Å². The number of nitrogens with zero attached hydrogens (tertiary/aromatic N) is 2. The van der Waals surface area contributed by atoms with E-state index < -0.39 is 5.91 Å². The molecule has 2 heterocycles. The van der Waals surface area contributed by atoms with Crippen molar-refractivity contribution >= 4 is 5.91 Å². The molecule has 0 aliphatic carbocycles. The Labute approximate surface area is 88.6 Å². The van der Waals surface area contributed by atoms with Crippen LogP contribution in [0.2, 0.25) is 0 Å². The Morgan fingerprint density at radius 3 is 2.87 bits per heavy atom. The molecule has 0 saturated carbocycles. The zero-order valence-corrected chi connectivity index (χ0v) is 9.29. The largest absolute Gasteiger partial charge is 0.364 e. The van der Waals surface area contributed by atoms with Crippen LogP contribution in [0.15, 0.2) is 0 Å². The van der Waals surface area contributed by atoms with Gasteiger partial charge < -0.3 is 11.1 Å². The van der Waals surface area contributed by atoms with Gasteiger partial charge in [-0.25, -0.2) is 0 Å². The van der Waals surface area contributed by atoms with Gasteiger partial charge in [-0.1, -0.05) is 13.8 Å². The van der Waals surface area contributed by atoms with Crippen LogP contribution >= 0.6 is 0 Å². The second-order valence-corrected chi connectivity index (χ2v) is 4.65. The number of nitrogens with two attached hydrogens (primary N) is 1. The van der Waals surface area contributed by atoms with Gasteiger partial charge in [-0.3, -0.25) is 9.48 Å². The fraction of sp³-hybridized carbons (Fsp3) is 0.600. The molecule has 0 fully saturated rings. The molecule has 1 aromatic rings. The molecule has 1 aromatic heterocycles. The molecular weight excluding hydrogens is 192 g/mol. The van der Waals surface area contributed by atoms with E-state index in [0.717, 1.165) is 17.8 Å². The molecule has 82 valence electrons. The van der Waals surface area contributed by atoms with Gasteiger partial charge in [-0.15, -0.1) is 0 Å². The highest BCUT2D eigenvalue weighted by Crippen LogP contribution is 2.30. The first-order chi connectivity index (χ1) is 6.93. The molecule has 0 spiro atoms. The van der Waals surface area contributed by atoms with Crippen molar-refractivity contribution in [3.05, 3.63) is 17.0 Å². The molecular formula is C10H16N4O. The van der Waals surface area contributed by atoms with E-state index in [-0.39, 0.29) is 5.41 Å². The molecule has 3 N–H and O–H groups in total. The Morgan fingerprint density at radius 1 is 1.60 bits per heavy atom. The van der Waals surface area contributed by atoms with Gasteiger partial charge in [0.25, 0.3) is 5.91 Å². The first-order valence-corrected chi connectivity index (χ1v) is 5.00. The van der Waals surface area contributed by atoms with Crippen LogP contribution in [0.3, 0.4) is 0 Å². The predicted octanol–water partition coefficient (Wildman–Crippen LogP) is -0.100. The number of primary amides is 1. The topological polar surface area (TPSA) is 72.9 Å². The highest BCUT2D eigenvalue weighted by atomic mass is 16.1. The molecule has 1 aliphatic heterocycles. The monoisotopic (exact) mass is 208 g/mol. The summed E-state index contributed by atoms with van der Waals surface area (Å²) in [7, 11) is 1.86. The molecule has 1 aliphatic rings. The van der Waals surface area contributed by atoms with E-state index >= 15 is 0 Å². The third-order valence-electron chi connectivity index (χ3n) is 2.89. The summed E-state index contributed by atoms with van der Waals surface area (Å²) in [6.07, 6.45) is 0. The summed E-state index contributed by atoms with van der Waals surface area (Å²) >= 11 is 0. The van der Waals surface area contributed by atoms with Crippen molar-refractivity contribution in [1.82, 2.24) is 15.1 Å². The van der Waals surface area contributed by atoms with Crippen LogP contribution in [0, 0.1) is 0 Å². The first-order valence-electron chi connectivity index (χ1n) is 5.00. The fourth-order valence-electron chi connectivity index (χ4n) is 2.36. The fourth-order valence-corrected chi connectivity index (χ4v) is 2.36. The number of amides is 1. The standard InChI is InChI=1S/C10H16N4O/c1-10(2)5-12-4-6-7(9(11)15)13-14(3)8(6)10/h12H,4-5H2,1-3H3,(H2,11,15). The predicted molar refractivity (Wildman–Crippen MR) is 56.5 cm³/mol. The zero-order chi connectivity index (χ0) is 11.2. The second kappa shape index (κ2) is 3.06. The Balaban J connectivity index is 2.64. The molecule has 0 radical (unpaired) electrons. The molecule has 0 atom stereocenters. The van der Waals surface area contributed by atoms with Crippen molar-refractivity contribution in [2.45, 2.75) is 25.8 Å². The summed E-state index contributed by atoms with van der Waals surface area (Å²) in [5.74, 6) is -0.452. The van der Waals surface area contributed by atoms with Crippen LogP contribution in [0.5, 0.6) is 0 Å². The Hall–Kier alpha value is -1.36. The number of rotatable bonds is 1. The molecule has 15 heavy (non-hydrogen) atoms. The summed E-state index contributed by atoms with van der Waals surface area (Å²) in [6, 6.07) is 0. The maximum Gasteiger partial charge on any atom is 0.269 e. The highest BCUT2D eigenvalue weighted by molar-refractivity contribution is 5.92. The molecule has 1 amide bonds. The van der Waals surface area contributed by atoms with Crippen LogP contribution in [-0.4, -0.2) is 22.2 Å². The van der Waals surface area contributed by atoms with Crippen molar-refractivity contribution in [2.75, 3.05) is 6.54 Å². The van der Waals surface area contributed by atoms with Gasteiger partial charge >= 0.3 is 0 Å². The van der Waals surface area contributed by atoms with Crippen molar-refractivity contribution in [3.8, 4) is 0 Å². The molecule has 2 rings (SSSR count). The van der Waals surface area contributed by atoms with Gasteiger partial charge in [0.2, 0.25) is 0 Å². The van der Waals surface area contributed by atoms with Gasteiger partial charge in [-0.2, -0.15) is 5.10 Å². The zero-order valence-electron chi connectivity index (χ0n) is 9.29. The lowest BCUT2D eigenvalue weighted by molar-refractivity contribution is 0.0994. The smallest absolute Gasteiger partial charge is 0.269 e. The Morgan fingerprint density at radius 2 is 2.27 bits per heavy atom.